The third kappa shape index (κ3) is 3.74. The van der Waals surface area contributed by atoms with E-state index in [1.807, 2.05) is 11.8 Å². The lowest BCUT2D eigenvalue weighted by Crippen LogP contribution is -2.47. The van der Waals surface area contributed by atoms with Crippen LogP contribution >= 0.6 is 11.8 Å². The molecular weight excluding hydrogens is 240 g/mol. The molecule has 0 aliphatic carbocycles. The summed E-state index contributed by atoms with van der Waals surface area (Å²) < 4.78 is 0. The van der Waals surface area contributed by atoms with Crippen molar-refractivity contribution in [2.75, 3.05) is 26.7 Å². The summed E-state index contributed by atoms with van der Waals surface area (Å²) in [6.07, 6.45) is 0. The predicted octanol–water partition coefficient (Wildman–Crippen LogP) is 2.94. The van der Waals surface area contributed by atoms with Gasteiger partial charge in [0.25, 0.3) is 0 Å². The van der Waals surface area contributed by atoms with E-state index in [-0.39, 0.29) is 5.41 Å². The van der Waals surface area contributed by atoms with Crippen LogP contribution in [0.4, 0.5) is 0 Å². The number of hydrogen-bond donors (Lipinski definition) is 1. The summed E-state index contributed by atoms with van der Waals surface area (Å²) in [6.45, 7) is 10.1. The summed E-state index contributed by atoms with van der Waals surface area (Å²) >= 11 is 1.93. The topological polar surface area (TPSA) is 15.3 Å². The van der Waals surface area contributed by atoms with Gasteiger partial charge in [0.05, 0.1) is 5.37 Å². The summed E-state index contributed by atoms with van der Waals surface area (Å²) in [5.74, 6) is 0. The zero-order valence-corrected chi connectivity index (χ0v) is 12.7. The molecule has 1 aliphatic rings. The summed E-state index contributed by atoms with van der Waals surface area (Å²) in [4.78, 5) is 3.74. The first-order valence-corrected chi connectivity index (χ1v) is 7.52. The van der Waals surface area contributed by atoms with Gasteiger partial charge in [-0.2, -0.15) is 0 Å². The highest BCUT2D eigenvalue weighted by molar-refractivity contribution is 8.00. The van der Waals surface area contributed by atoms with Crippen molar-refractivity contribution in [1.29, 1.82) is 0 Å². The maximum absolute atomic E-state index is 3.56. The lowest BCUT2D eigenvalue weighted by atomic mass is 9.87. The quantitative estimate of drug-likeness (QED) is 0.884. The minimum absolute atomic E-state index is 0.243. The van der Waals surface area contributed by atoms with E-state index in [9.17, 15) is 0 Å². The average molecular weight is 264 g/mol. The van der Waals surface area contributed by atoms with E-state index < -0.39 is 0 Å². The number of nitrogens with one attached hydrogen (secondary N) is 1. The Balaban J connectivity index is 1.98. The van der Waals surface area contributed by atoms with Crippen molar-refractivity contribution in [3.8, 4) is 0 Å². The lowest BCUT2D eigenvalue weighted by molar-refractivity contribution is 0.278. The Bertz CT molecular complexity index is 380. The van der Waals surface area contributed by atoms with Crippen LogP contribution in [0.3, 0.4) is 0 Å². The molecule has 1 fully saturated rings. The third-order valence-electron chi connectivity index (χ3n) is 3.34. The van der Waals surface area contributed by atoms with Gasteiger partial charge in [-0.3, -0.25) is 0 Å². The monoisotopic (exact) mass is 264 g/mol. The van der Waals surface area contributed by atoms with Gasteiger partial charge in [-0.1, -0.05) is 32.9 Å². The summed E-state index contributed by atoms with van der Waals surface area (Å²) in [5, 5.41) is 4.08. The molecular formula is C15H24N2S. The first kappa shape index (κ1) is 13.9. The molecule has 18 heavy (non-hydrogen) atoms. The van der Waals surface area contributed by atoms with E-state index in [1.54, 1.807) is 0 Å². The molecule has 1 saturated heterocycles. The van der Waals surface area contributed by atoms with Crippen molar-refractivity contribution in [3.05, 3.63) is 29.8 Å². The van der Waals surface area contributed by atoms with Gasteiger partial charge in [-0.05, 0) is 30.2 Å². The predicted molar refractivity (Wildman–Crippen MR) is 80.3 cm³/mol. The Labute approximate surface area is 115 Å². The number of likely N-dealkylation sites (N-methyl/N-ethyl adjacent to an activating group) is 1. The van der Waals surface area contributed by atoms with Gasteiger partial charge in [0.15, 0.2) is 0 Å². The first-order valence-electron chi connectivity index (χ1n) is 6.64. The standard InChI is InChI=1S/C15H24N2S/c1-15(2,3)12-5-7-13(8-6-12)18-14-11-17(4)10-9-16-14/h5-8,14,16H,9-11H2,1-4H3. The van der Waals surface area contributed by atoms with Crippen molar-refractivity contribution in [2.45, 2.75) is 36.5 Å². The van der Waals surface area contributed by atoms with E-state index in [2.05, 4.69) is 62.3 Å². The molecule has 3 heteroatoms. The molecule has 1 N–H and O–H groups in total. The van der Waals surface area contributed by atoms with Crippen molar-refractivity contribution >= 4 is 11.8 Å². The normalized spacial score (nSPS) is 22.1. The Morgan fingerprint density at radius 1 is 1.22 bits per heavy atom. The van der Waals surface area contributed by atoms with Crippen molar-refractivity contribution in [3.63, 3.8) is 0 Å². The van der Waals surface area contributed by atoms with Gasteiger partial charge >= 0.3 is 0 Å². The minimum Gasteiger partial charge on any atom is -0.303 e. The summed E-state index contributed by atoms with van der Waals surface area (Å²) in [7, 11) is 2.19. The smallest absolute Gasteiger partial charge is 0.0708 e. The Kier molecular flexibility index (Phi) is 4.36. The maximum Gasteiger partial charge on any atom is 0.0708 e. The zero-order valence-electron chi connectivity index (χ0n) is 11.9. The average Bonchev–Trinajstić information content (AvgIpc) is 2.28. The van der Waals surface area contributed by atoms with Crippen LogP contribution in [0, 0.1) is 0 Å². The van der Waals surface area contributed by atoms with Crippen LogP contribution in [0.2, 0.25) is 0 Å². The number of hydrogen-bond acceptors (Lipinski definition) is 3. The number of nitrogens with zero attached hydrogens (tertiary/aromatic N) is 1. The van der Waals surface area contributed by atoms with Crippen molar-refractivity contribution < 1.29 is 0 Å². The van der Waals surface area contributed by atoms with E-state index in [0.717, 1.165) is 19.6 Å². The summed E-state index contributed by atoms with van der Waals surface area (Å²) in [5.41, 5.74) is 1.65. The number of piperazine rings is 1. The van der Waals surface area contributed by atoms with Gasteiger partial charge in [0.2, 0.25) is 0 Å². The highest BCUT2D eigenvalue weighted by Crippen LogP contribution is 2.27. The molecule has 2 nitrogen and oxygen atoms in total. The highest BCUT2D eigenvalue weighted by Gasteiger charge is 2.18. The van der Waals surface area contributed by atoms with Gasteiger partial charge < -0.3 is 10.2 Å². The molecule has 0 bridgehead atoms. The second-order valence-electron chi connectivity index (χ2n) is 6.10. The van der Waals surface area contributed by atoms with Crippen LogP contribution in [0.1, 0.15) is 26.3 Å². The Morgan fingerprint density at radius 2 is 1.89 bits per heavy atom. The molecule has 0 radical (unpaired) electrons. The van der Waals surface area contributed by atoms with Crippen LogP contribution in [-0.4, -0.2) is 37.0 Å². The molecule has 0 saturated carbocycles. The largest absolute Gasteiger partial charge is 0.303 e. The number of benzene rings is 1. The van der Waals surface area contributed by atoms with E-state index in [0.29, 0.717) is 5.37 Å². The van der Waals surface area contributed by atoms with Gasteiger partial charge in [-0.15, -0.1) is 11.8 Å². The van der Waals surface area contributed by atoms with Gasteiger partial charge in [0, 0.05) is 24.5 Å². The van der Waals surface area contributed by atoms with Crippen LogP contribution in [-0.2, 0) is 5.41 Å². The van der Waals surface area contributed by atoms with Crippen LogP contribution in [0.25, 0.3) is 0 Å². The molecule has 0 spiro atoms. The van der Waals surface area contributed by atoms with E-state index >= 15 is 0 Å². The lowest BCUT2D eigenvalue weighted by Gasteiger charge is -2.30. The molecule has 1 aliphatic heterocycles. The minimum atomic E-state index is 0.243. The molecule has 1 unspecified atom stereocenters. The molecule has 1 heterocycles. The Morgan fingerprint density at radius 3 is 2.44 bits per heavy atom. The molecule has 1 atom stereocenters. The SMILES string of the molecule is CN1CCNC(Sc2ccc(C(C)(C)C)cc2)C1. The molecule has 1 aromatic carbocycles. The van der Waals surface area contributed by atoms with E-state index in [1.165, 1.54) is 10.5 Å². The first-order chi connectivity index (χ1) is 8.45. The highest BCUT2D eigenvalue weighted by atomic mass is 32.2. The zero-order chi connectivity index (χ0) is 13.2. The molecule has 0 aromatic heterocycles. The number of thioether (sulfide) groups is 1. The fraction of sp³-hybridized carbons (Fsp3) is 0.600. The molecule has 0 amide bonds. The fourth-order valence-corrected chi connectivity index (χ4v) is 3.28. The van der Waals surface area contributed by atoms with Crippen molar-refractivity contribution in [1.82, 2.24) is 10.2 Å². The van der Waals surface area contributed by atoms with Crippen LogP contribution < -0.4 is 5.32 Å². The number of rotatable bonds is 2. The maximum atomic E-state index is 3.56. The summed E-state index contributed by atoms with van der Waals surface area (Å²) in [6, 6.07) is 9.02. The van der Waals surface area contributed by atoms with Crippen LogP contribution in [0.15, 0.2) is 29.2 Å². The molecule has 100 valence electrons. The van der Waals surface area contributed by atoms with Crippen LogP contribution in [0.5, 0.6) is 0 Å². The second kappa shape index (κ2) is 5.64. The van der Waals surface area contributed by atoms with Gasteiger partial charge in [-0.25, -0.2) is 0 Å². The third-order valence-corrected chi connectivity index (χ3v) is 4.49. The molecule has 2 rings (SSSR count). The second-order valence-corrected chi connectivity index (χ2v) is 7.37. The molecule has 1 aromatic rings. The van der Waals surface area contributed by atoms with Gasteiger partial charge in [0.1, 0.15) is 0 Å². The van der Waals surface area contributed by atoms with E-state index in [4.69, 9.17) is 0 Å². The van der Waals surface area contributed by atoms with Crippen molar-refractivity contribution in [2.24, 2.45) is 0 Å². The fourth-order valence-electron chi connectivity index (χ4n) is 2.13. The Hall–Kier alpha value is -0.510.